The van der Waals surface area contributed by atoms with Crippen LogP contribution in [0.15, 0.2) is 0 Å². The number of hydrogen-bond acceptors (Lipinski definition) is 2. The Hall–Kier alpha value is -0.570. The van der Waals surface area contributed by atoms with E-state index in [0.29, 0.717) is 0 Å². The van der Waals surface area contributed by atoms with Crippen LogP contribution in [-0.2, 0) is 4.79 Å². The Balaban J connectivity index is 5.87. The molecule has 0 aromatic rings. The first-order chi connectivity index (χ1) is 10.6. The van der Waals surface area contributed by atoms with Gasteiger partial charge in [0.15, 0.2) is 0 Å². The molecule has 144 valence electrons. The molecule has 1 amide bonds. The van der Waals surface area contributed by atoms with E-state index in [0.717, 1.165) is 19.3 Å². The molecule has 3 heteroatoms. The fraction of sp³-hybridized carbons (Fsp3) is 0.952. The van der Waals surface area contributed by atoms with E-state index in [2.05, 4.69) is 60.7 Å². The number of aliphatic hydroxyl groups is 1. The van der Waals surface area contributed by atoms with Crippen molar-refractivity contribution in [3.63, 3.8) is 0 Å². The summed E-state index contributed by atoms with van der Waals surface area (Å²) in [7, 11) is 1.71. The number of nitrogens with one attached hydrogen (secondary N) is 1. The van der Waals surface area contributed by atoms with Crippen molar-refractivity contribution in [3.8, 4) is 0 Å². The topological polar surface area (TPSA) is 49.3 Å². The number of hydrogen-bond donors (Lipinski definition) is 2. The van der Waals surface area contributed by atoms with E-state index >= 15 is 0 Å². The highest BCUT2D eigenvalue weighted by Crippen LogP contribution is 2.60. The van der Waals surface area contributed by atoms with Crippen molar-refractivity contribution in [3.05, 3.63) is 0 Å². The molecule has 0 atom stereocenters. The summed E-state index contributed by atoms with van der Waals surface area (Å²) in [6, 6.07) is 0. The van der Waals surface area contributed by atoms with Gasteiger partial charge in [-0.25, -0.2) is 0 Å². The molecule has 0 unspecified atom stereocenters. The van der Waals surface area contributed by atoms with Crippen molar-refractivity contribution >= 4 is 5.91 Å². The third-order valence-corrected chi connectivity index (χ3v) is 8.04. The normalized spacial score (nSPS) is 14.7. The molecule has 0 radical (unpaired) electrons. The van der Waals surface area contributed by atoms with Gasteiger partial charge in [0, 0.05) is 19.1 Å². The first-order valence-electron chi connectivity index (χ1n) is 9.45. The van der Waals surface area contributed by atoms with Crippen LogP contribution in [0.5, 0.6) is 0 Å². The number of amides is 1. The Kier molecular flexibility index (Phi) is 7.18. The molecule has 0 bridgehead atoms. The first kappa shape index (κ1) is 23.4. The van der Waals surface area contributed by atoms with Crippen molar-refractivity contribution in [1.29, 1.82) is 0 Å². The van der Waals surface area contributed by atoms with Crippen LogP contribution < -0.4 is 5.32 Å². The Labute approximate surface area is 151 Å². The molecule has 2 N–H and O–H groups in total. The summed E-state index contributed by atoms with van der Waals surface area (Å²) in [6.07, 6.45) is 2.82. The molecule has 0 aliphatic heterocycles. The third kappa shape index (κ3) is 3.66. The average Bonchev–Trinajstić information content (AvgIpc) is 2.46. The largest absolute Gasteiger partial charge is 0.396 e. The molecule has 0 heterocycles. The van der Waals surface area contributed by atoms with Gasteiger partial charge in [0.25, 0.3) is 0 Å². The Morgan fingerprint density at radius 3 is 1.58 bits per heavy atom. The van der Waals surface area contributed by atoms with Crippen molar-refractivity contribution in [1.82, 2.24) is 5.32 Å². The van der Waals surface area contributed by atoms with Crippen molar-refractivity contribution in [2.75, 3.05) is 13.7 Å². The zero-order chi connectivity index (χ0) is 19.6. The quantitative estimate of drug-likeness (QED) is 0.618. The van der Waals surface area contributed by atoms with Crippen LogP contribution in [0.2, 0.25) is 0 Å². The van der Waals surface area contributed by atoms with E-state index in [-0.39, 0.29) is 34.2 Å². The third-order valence-electron chi connectivity index (χ3n) is 8.04. The fourth-order valence-electron chi connectivity index (χ4n) is 4.44. The summed E-state index contributed by atoms with van der Waals surface area (Å²) in [5.41, 5.74) is -0.833. The predicted molar refractivity (Wildman–Crippen MR) is 104 cm³/mol. The zero-order valence-electron chi connectivity index (χ0n) is 18.2. The molecule has 0 spiro atoms. The molecule has 0 aliphatic carbocycles. The maximum Gasteiger partial charge on any atom is 0.225 e. The molecule has 3 nitrogen and oxygen atoms in total. The van der Waals surface area contributed by atoms with Gasteiger partial charge in [-0.05, 0) is 40.9 Å². The number of aliphatic hydroxyl groups excluding tert-OH is 1. The van der Waals surface area contributed by atoms with E-state index in [1.54, 1.807) is 7.05 Å². The molecule has 0 aromatic heterocycles. The van der Waals surface area contributed by atoms with Gasteiger partial charge in [0.1, 0.15) is 0 Å². The molecule has 0 rings (SSSR count). The summed E-state index contributed by atoms with van der Waals surface area (Å²) in [5, 5.41) is 13.0. The van der Waals surface area contributed by atoms with Gasteiger partial charge in [0.05, 0.1) is 0 Å². The van der Waals surface area contributed by atoms with Crippen LogP contribution in [0.1, 0.15) is 88.5 Å². The van der Waals surface area contributed by atoms with E-state index < -0.39 is 5.41 Å². The second-order valence-corrected chi connectivity index (χ2v) is 9.92. The number of carbonyl (C=O) groups excluding carboxylic acids is 1. The zero-order valence-corrected chi connectivity index (χ0v) is 18.2. The fourth-order valence-corrected chi connectivity index (χ4v) is 4.44. The minimum absolute atomic E-state index is 0.0312. The van der Waals surface area contributed by atoms with Crippen LogP contribution in [0, 0.1) is 27.1 Å². The van der Waals surface area contributed by atoms with Gasteiger partial charge in [-0.3, -0.25) is 4.79 Å². The standard InChI is InChI=1S/C21H43NO2/c1-12-21(13-2,15-23)20(9,10)18(5,6)14-17(3,4)19(7,8)16(24)22-11/h23H,12-15H2,1-11H3,(H,22,24). The molecule has 0 aromatic carbocycles. The maximum atomic E-state index is 12.4. The first-order valence-corrected chi connectivity index (χ1v) is 9.45. The van der Waals surface area contributed by atoms with Crippen LogP contribution >= 0.6 is 0 Å². The van der Waals surface area contributed by atoms with Crippen molar-refractivity contribution < 1.29 is 9.90 Å². The molecular formula is C21H43NO2. The molecule has 0 saturated heterocycles. The second kappa shape index (κ2) is 7.35. The molecule has 0 saturated carbocycles. The summed E-state index contributed by atoms with van der Waals surface area (Å²) >= 11 is 0. The van der Waals surface area contributed by atoms with Crippen molar-refractivity contribution in [2.24, 2.45) is 27.1 Å². The monoisotopic (exact) mass is 341 g/mol. The molecule has 0 fully saturated rings. The van der Waals surface area contributed by atoms with Crippen LogP contribution in [-0.4, -0.2) is 24.7 Å². The predicted octanol–water partition coefficient (Wildman–Crippen LogP) is 5.03. The maximum absolute atomic E-state index is 12.4. The Morgan fingerprint density at radius 2 is 1.29 bits per heavy atom. The van der Waals surface area contributed by atoms with Gasteiger partial charge in [0.2, 0.25) is 5.91 Å². The molecule has 0 aliphatic rings. The lowest BCUT2D eigenvalue weighted by molar-refractivity contribution is -0.142. The Morgan fingerprint density at radius 1 is 0.875 bits per heavy atom. The average molecular weight is 342 g/mol. The van der Waals surface area contributed by atoms with E-state index in [4.69, 9.17) is 0 Å². The van der Waals surface area contributed by atoms with E-state index in [9.17, 15) is 9.90 Å². The van der Waals surface area contributed by atoms with Crippen LogP contribution in [0.25, 0.3) is 0 Å². The summed E-state index contributed by atoms with van der Waals surface area (Å²) in [5.74, 6) is 0.0838. The smallest absolute Gasteiger partial charge is 0.225 e. The van der Waals surface area contributed by atoms with Gasteiger partial charge >= 0.3 is 0 Å². The van der Waals surface area contributed by atoms with Gasteiger partial charge in [-0.2, -0.15) is 0 Å². The van der Waals surface area contributed by atoms with Gasteiger partial charge in [-0.15, -0.1) is 0 Å². The minimum Gasteiger partial charge on any atom is -0.396 e. The number of carbonyl (C=O) groups is 1. The summed E-state index contributed by atoms with van der Waals surface area (Å²) in [4.78, 5) is 12.4. The van der Waals surface area contributed by atoms with Crippen LogP contribution in [0.4, 0.5) is 0 Å². The minimum atomic E-state index is -0.463. The van der Waals surface area contributed by atoms with Crippen LogP contribution in [0.3, 0.4) is 0 Å². The lowest BCUT2D eigenvalue weighted by atomic mass is 9.47. The molecular weight excluding hydrogens is 298 g/mol. The van der Waals surface area contributed by atoms with Gasteiger partial charge in [-0.1, -0.05) is 69.2 Å². The molecule has 24 heavy (non-hydrogen) atoms. The van der Waals surface area contributed by atoms with Crippen molar-refractivity contribution in [2.45, 2.75) is 88.5 Å². The lowest BCUT2D eigenvalue weighted by Gasteiger charge is -2.57. The summed E-state index contributed by atoms with van der Waals surface area (Å²) < 4.78 is 0. The SMILES string of the molecule is CCC(CC)(CO)C(C)(C)C(C)(C)CC(C)(C)C(C)(C)C(=O)NC. The Bertz CT molecular complexity index is 421. The summed E-state index contributed by atoms with van der Waals surface area (Å²) in [6.45, 7) is 22.2. The highest BCUT2D eigenvalue weighted by molar-refractivity contribution is 5.82. The van der Waals surface area contributed by atoms with E-state index in [1.807, 2.05) is 13.8 Å². The number of rotatable bonds is 9. The highest BCUT2D eigenvalue weighted by atomic mass is 16.3. The second-order valence-electron chi connectivity index (χ2n) is 9.92. The lowest BCUT2D eigenvalue weighted by Crippen LogP contribution is -2.53. The van der Waals surface area contributed by atoms with E-state index in [1.165, 1.54) is 0 Å². The van der Waals surface area contributed by atoms with Gasteiger partial charge < -0.3 is 10.4 Å². The highest BCUT2D eigenvalue weighted by Gasteiger charge is 2.54.